The van der Waals surface area contributed by atoms with Gasteiger partial charge in [-0.1, -0.05) is 36.0 Å². The predicted molar refractivity (Wildman–Crippen MR) is 115 cm³/mol. The third-order valence-electron chi connectivity index (χ3n) is 4.22. The van der Waals surface area contributed by atoms with Gasteiger partial charge in [0.2, 0.25) is 5.91 Å². The second kappa shape index (κ2) is 9.28. The molecule has 0 fully saturated rings. The quantitative estimate of drug-likeness (QED) is 0.556. The zero-order valence-corrected chi connectivity index (χ0v) is 18.0. The van der Waals surface area contributed by atoms with E-state index < -0.39 is 9.84 Å². The summed E-state index contributed by atoms with van der Waals surface area (Å²) < 4.78 is 26.4. The van der Waals surface area contributed by atoms with Crippen LogP contribution in [0.5, 0.6) is 0 Å². The second-order valence-electron chi connectivity index (χ2n) is 6.70. The molecule has 29 heavy (non-hydrogen) atoms. The maximum absolute atomic E-state index is 12.2. The number of nitrogens with one attached hydrogen (secondary N) is 1. The summed E-state index contributed by atoms with van der Waals surface area (Å²) in [5.74, 6) is -0.203. The lowest BCUT2D eigenvalue weighted by atomic mass is 10.1. The van der Waals surface area contributed by atoms with E-state index in [0.717, 1.165) is 16.8 Å². The van der Waals surface area contributed by atoms with Crippen LogP contribution >= 0.6 is 11.8 Å². The Morgan fingerprint density at radius 2 is 1.79 bits per heavy atom. The van der Waals surface area contributed by atoms with Gasteiger partial charge in [-0.15, -0.1) is 0 Å². The summed E-state index contributed by atoms with van der Waals surface area (Å²) in [6.07, 6.45) is 3.56. The number of carbonyl (C=O) groups is 1. The summed E-state index contributed by atoms with van der Waals surface area (Å²) in [6.45, 7) is 4.15. The van der Waals surface area contributed by atoms with Crippen molar-refractivity contribution in [1.82, 2.24) is 14.9 Å². The first-order chi connectivity index (χ1) is 13.8. The van der Waals surface area contributed by atoms with Gasteiger partial charge in [0.15, 0.2) is 15.0 Å². The number of aromatic nitrogens is 2. The number of imidazole rings is 1. The van der Waals surface area contributed by atoms with Crippen LogP contribution in [-0.4, -0.2) is 41.9 Å². The molecule has 1 aromatic heterocycles. The second-order valence-corrected chi connectivity index (χ2v) is 9.75. The maximum atomic E-state index is 12.2. The van der Waals surface area contributed by atoms with Crippen LogP contribution < -0.4 is 5.32 Å². The standard InChI is InChI=1S/C21H23N3O3S2/c1-16-12-17(2)14-18(13-16)24-10-8-23-21(24)28-15-20(25)22-9-11-29(26,27)19-6-4-3-5-7-19/h3-8,10,12-14H,9,11,15H2,1-2H3,(H,22,25). The fourth-order valence-corrected chi connectivity index (χ4v) is 4.92. The van der Waals surface area contributed by atoms with Gasteiger partial charge in [0.25, 0.3) is 0 Å². The van der Waals surface area contributed by atoms with Crippen molar-refractivity contribution in [2.45, 2.75) is 23.9 Å². The largest absolute Gasteiger partial charge is 0.354 e. The van der Waals surface area contributed by atoms with Crippen LogP contribution in [0.15, 0.2) is 71.0 Å². The van der Waals surface area contributed by atoms with Crippen LogP contribution in [0.4, 0.5) is 0 Å². The Morgan fingerprint density at radius 3 is 2.48 bits per heavy atom. The highest BCUT2D eigenvalue weighted by molar-refractivity contribution is 7.99. The molecule has 1 amide bonds. The van der Waals surface area contributed by atoms with Crippen LogP contribution in [0.25, 0.3) is 5.69 Å². The van der Waals surface area contributed by atoms with Crippen molar-refractivity contribution in [3.63, 3.8) is 0 Å². The summed E-state index contributed by atoms with van der Waals surface area (Å²) in [4.78, 5) is 16.7. The molecule has 2 aromatic carbocycles. The van der Waals surface area contributed by atoms with Gasteiger partial charge in [0.1, 0.15) is 0 Å². The minimum absolute atomic E-state index is 0.0716. The Bertz CT molecular complexity index is 1070. The van der Waals surface area contributed by atoms with E-state index in [2.05, 4.69) is 28.5 Å². The highest BCUT2D eigenvalue weighted by atomic mass is 32.2. The molecule has 3 rings (SSSR count). The lowest BCUT2D eigenvalue weighted by Crippen LogP contribution is -2.30. The van der Waals surface area contributed by atoms with Crippen LogP contribution in [0, 0.1) is 13.8 Å². The van der Waals surface area contributed by atoms with Crippen molar-refractivity contribution >= 4 is 27.5 Å². The first kappa shape index (κ1) is 21.1. The van der Waals surface area contributed by atoms with E-state index in [1.54, 1.807) is 36.5 Å². The SMILES string of the molecule is Cc1cc(C)cc(-n2ccnc2SCC(=O)NCCS(=O)(=O)c2ccccc2)c1. The van der Waals surface area contributed by atoms with E-state index in [0.29, 0.717) is 5.16 Å². The molecule has 0 spiro atoms. The van der Waals surface area contributed by atoms with Crippen molar-refractivity contribution in [3.05, 3.63) is 72.1 Å². The van der Waals surface area contributed by atoms with E-state index in [9.17, 15) is 13.2 Å². The third-order valence-corrected chi connectivity index (χ3v) is 6.92. The van der Waals surface area contributed by atoms with Crippen LogP contribution in [0.1, 0.15) is 11.1 Å². The monoisotopic (exact) mass is 429 g/mol. The minimum atomic E-state index is -3.40. The van der Waals surface area contributed by atoms with Gasteiger partial charge in [-0.05, 0) is 49.2 Å². The molecule has 152 valence electrons. The smallest absolute Gasteiger partial charge is 0.230 e. The van der Waals surface area contributed by atoms with Crippen LogP contribution in [0.2, 0.25) is 0 Å². The van der Waals surface area contributed by atoms with E-state index in [1.165, 1.54) is 11.8 Å². The Balaban J connectivity index is 1.54. The average molecular weight is 430 g/mol. The first-order valence-corrected chi connectivity index (χ1v) is 11.8. The highest BCUT2D eigenvalue weighted by Gasteiger charge is 2.15. The first-order valence-electron chi connectivity index (χ1n) is 9.14. The number of hydrogen-bond acceptors (Lipinski definition) is 5. The number of amides is 1. The van der Waals surface area contributed by atoms with E-state index in [-0.39, 0.29) is 28.9 Å². The fourth-order valence-electron chi connectivity index (χ4n) is 2.93. The molecule has 0 saturated heterocycles. The van der Waals surface area contributed by atoms with E-state index >= 15 is 0 Å². The third kappa shape index (κ3) is 5.71. The summed E-state index contributed by atoms with van der Waals surface area (Å²) in [7, 11) is -3.40. The number of nitrogens with zero attached hydrogens (tertiary/aromatic N) is 2. The molecule has 0 aliphatic heterocycles. The van der Waals surface area contributed by atoms with Crippen LogP contribution in [0.3, 0.4) is 0 Å². The van der Waals surface area contributed by atoms with Gasteiger partial charge in [-0.3, -0.25) is 9.36 Å². The molecule has 6 nitrogen and oxygen atoms in total. The number of sulfone groups is 1. The average Bonchev–Trinajstić information content (AvgIpc) is 3.15. The molecule has 1 N–H and O–H groups in total. The molecule has 0 unspecified atom stereocenters. The molecule has 0 aliphatic rings. The lowest BCUT2D eigenvalue weighted by molar-refractivity contribution is -0.118. The Morgan fingerprint density at radius 1 is 1.10 bits per heavy atom. The van der Waals surface area contributed by atoms with Crippen molar-refractivity contribution < 1.29 is 13.2 Å². The number of benzene rings is 2. The fraction of sp³-hybridized carbons (Fsp3) is 0.238. The molecular weight excluding hydrogens is 406 g/mol. The van der Waals surface area contributed by atoms with Crippen molar-refractivity contribution in [1.29, 1.82) is 0 Å². The number of carbonyl (C=O) groups excluding carboxylic acids is 1. The number of aryl methyl sites for hydroxylation is 2. The Kier molecular flexibility index (Phi) is 6.76. The van der Waals surface area contributed by atoms with Gasteiger partial charge >= 0.3 is 0 Å². The summed E-state index contributed by atoms with van der Waals surface area (Å²) in [5.41, 5.74) is 3.31. The highest BCUT2D eigenvalue weighted by Crippen LogP contribution is 2.22. The summed E-state index contributed by atoms with van der Waals surface area (Å²) >= 11 is 1.31. The molecular formula is C21H23N3O3S2. The molecule has 0 aliphatic carbocycles. The van der Waals surface area contributed by atoms with Gasteiger partial charge in [-0.2, -0.15) is 0 Å². The van der Waals surface area contributed by atoms with Crippen molar-refractivity contribution in [2.75, 3.05) is 18.1 Å². The number of hydrogen-bond donors (Lipinski definition) is 1. The van der Waals surface area contributed by atoms with Gasteiger partial charge in [0.05, 0.1) is 16.4 Å². The van der Waals surface area contributed by atoms with Gasteiger partial charge in [0, 0.05) is 24.6 Å². The Hall–Kier alpha value is -2.58. The summed E-state index contributed by atoms with van der Waals surface area (Å²) in [6, 6.07) is 14.5. The van der Waals surface area contributed by atoms with Crippen molar-refractivity contribution in [3.8, 4) is 5.69 Å². The number of rotatable bonds is 8. The molecule has 0 radical (unpaired) electrons. The predicted octanol–water partition coefficient (Wildman–Crippen LogP) is 3.17. The van der Waals surface area contributed by atoms with Crippen molar-refractivity contribution in [2.24, 2.45) is 0 Å². The molecule has 8 heteroatoms. The van der Waals surface area contributed by atoms with E-state index in [1.807, 2.05) is 24.6 Å². The molecule has 0 atom stereocenters. The molecule has 0 bridgehead atoms. The van der Waals surface area contributed by atoms with Crippen LogP contribution in [-0.2, 0) is 14.6 Å². The molecule has 1 heterocycles. The summed E-state index contributed by atoms with van der Waals surface area (Å²) in [5, 5.41) is 3.38. The van der Waals surface area contributed by atoms with Gasteiger partial charge in [-0.25, -0.2) is 13.4 Å². The zero-order chi connectivity index (χ0) is 20.9. The Labute approximate surface area is 175 Å². The lowest BCUT2D eigenvalue weighted by Gasteiger charge is -2.10. The van der Waals surface area contributed by atoms with E-state index in [4.69, 9.17) is 0 Å². The maximum Gasteiger partial charge on any atom is 0.230 e. The normalized spacial score (nSPS) is 11.4. The van der Waals surface area contributed by atoms with Gasteiger partial charge < -0.3 is 5.32 Å². The minimum Gasteiger partial charge on any atom is -0.354 e. The molecule has 0 saturated carbocycles. The zero-order valence-electron chi connectivity index (χ0n) is 16.3. The molecule has 3 aromatic rings. The number of thioether (sulfide) groups is 1. The topological polar surface area (TPSA) is 81.1 Å².